The zero-order valence-electron chi connectivity index (χ0n) is 11.8. The van der Waals surface area contributed by atoms with Crippen molar-refractivity contribution in [3.05, 3.63) is 28.8 Å². The number of hydrogen-bond donors (Lipinski definition) is 1. The molecule has 0 saturated carbocycles. The first-order valence-electron chi connectivity index (χ1n) is 7.31. The Bertz CT molecular complexity index is 510. The van der Waals surface area contributed by atoms with Crippen LogP contribution in [-0.2, 0) is 12.8 Å². The maximum Gasteiger partial charge on any atom is 0.163 e. The lowest BCUT2D eigenvalue weighted by Crippen LogP contribution is -2.33. The highest BCUT2D eigenvalue weighted by Crippen LogP contribution is 2.36. The molecule has 3 nitrogen and oxygen atoms in total. The van der Waals surface area contributed by atoms with Crippen molar-refractivity contribution in [2.75, 3.05) is 25.0 Å². The fraction of sp³-hybridized carbons (Fsp3) is 0.562. The van der Waals surface area contributed by atoms with Crippen LogP contribution in [0.15, 0.2) is 12.1 Å². The fourth-order valence-corrected chi connectivity index (χ4v) is 3.33. The molecule has 1 N–H and O–H groups in total. The number of nitrogens with one attached hydrogen (secondary N) is 1. The van der Waals surface area contributed by atoms with Crippen LogP contribution in [0.3, 0.4) is 0 Å². The molecule has 0 aromatic heterocycles. The Hall–Kier alpha value is -1.35. The molecule has 19 heavy (non-hydrogen) atoms. The van der Waals surface area contributed by atoms with Gasteiger partial charge in [0, 0.05) is 30.3 Å². The van der Waals surface area contributed by atoms with Crippen molar-refractivity contribution >= 4 is 11.5 Å². The minimum absolute atomic E-state index is 0.326. The summed E-state index contributed by atoms with van der Waals surface area (Å²) in [4.78, 5) is 14.4. The molecule has 102 valence electrons. The highest BCUT2D eigenvalue weighted by atomic mass is 16.1. The molecule has 1 atom stereocenters. The lowest BCUT2D eigenvalue weighted by Gasteiger charge is -2.27. The van der Waals surface area contributed by atoms with Gasteiger partial charge in [-0.2, -0.15) is 0 Å². The number of Topliss-reactive ketones (excluding diaryl/α,β-unsaturated/α-hetero) is 1. The van der Waals surface area contributed by atoms with E-state index in [0.717, 1.165) is 37.9 Å². The smallest absolute Gasteiger partial charge is 0.163 e. The van der Waals surface area contributed by atoms with Crippen molar-refractivity contribution in [2.24, 2.45) is 0 Å². The van der Waals surface area contributed by atoms with Crippen LogP contribution < -0.4 is 10.2 Å². The summed E-state index contributed by atoms with van der Waals surface area (Å²) in [5.74, 6) is 0.326. The van der Waals surface area contributed by atoms with Crippen LogP contribution in [0.1, 0.15) is 41.3 Å². The lowest BCUT2D eigenvalue weighted by molar-refractivity contribution is 0.0994. The average Bonchev–Trinajstić information content (AvgIpc) is 2.98. The van der Waals surface area contributed by atoms with E-state index in [1.54, 1.807) is 0 Å². The molecule has 0 radical (unpaired) electrons. The van der Waals surface area contributed by atoms with Crippen LogP contribution >= 0.6 is 0 Å². The number of anilines is 1. The average molecular weight is 258 g/mol. The van der Waals surface area contributed by atoms with E-state index in [1.807, 2.05) is 7.05 Å². The van der Waals surface area contributed by atoms with Crippen LogP contribution in [0.2, 0.25) is 0 Å². The van der Waals surface area contributed by atoms with Crippen molar-refractivity contribution in [3.8, 4) is 0 Å². The highest BCUT2D eigenvalue weighted by Gasteiger charge is 2.28. The van der Waals surface area contributed by atoms with Crippen LogP contribution in [0.4, 0.5) is 5.69 Å². The van der Waals surface area contributed by atoms with Gasteiger partial charge in [0.25, 0.3) is 0 Å². The van der Waals surface area contributed by atoms with Crippen LogP contribution in [0.5, 0.6) is 0 Å². The van der Waals surface area contributed by atoms with Gasteiger partial charge in [-0.05, 0) is 57.0 Å². The van der Waals surface area contributed by atoms with E-state index in [9.17, 15) is 4.79 Å². The number of aryl methyl sites for hydroxylation is 1. The first kappa shape index (κ1) is 12.7. The van der Waals surface area contributed by atoms with Gasteiger partial charge in [-0.1, -0.05) is 6.07 Å². The van der Waals surface area contributed by atoms with Crippen molar-refractivity contribution in [1.29, 1.82) is 0 Å². The van der Waals surface area contributed by atoms with Crippen molar-refractivity contribution in [2.45, 2.75) is 38.6 Å². The molecule has 1 unspecified atom stereocenters. The number of carbonyl (C=O) groups is 1. The van der Waals surface area contributed by atoms with Gasteiger partial charge in [0.05, 0.1) is 0 Å². The Morgan fingerprint density at radius 3 is 2.89 bits per heavy atom. The van der Waals surface area contributed by atoms with E-state index < -0.39 is 0 Å². The van der Waals surface area contributed by atoms with Crippen LogP contribution in [0.25, 0.3) is 0 Å². The predicted molar refractivity (Wildman–Crippen MR) is 78.1 cm³/mol. The van der Waals surface area contributed by atoms with Gasteiger partial charge in [0.2, 0.25) is 0 Å². The summed E-state index contributed by atoms with van der Waals surface area (Å²) in [6.07, 6.45) is 3.91. The Balaban J connectivity index is 1.88. The van der Waals surface area contributed by atoms with E-state index in [4.69, 9.17) is 0 Å². The Morgan fingerprint density at radius 1 is 1.26 bits per heavy atom. The molecule has 0 spiro atoms. The topological polar surface area (TPSA) is 32.3 Å². The molecule has 0 bridgehead atoms. The van der Waals surface area contributed by atoms with Gasteiger partial charge in [-0.15, -0.1) is 0 Å². The SMILES string of the molecule is CNCCC(C)N1CCc2cc3c(cc21)C(=O)CC3. The third kappa shape index (κ3) is 2.16. The van der Waals surface area contributed by atoms with Crippen molar-refractivity contribution in [1.82, 2.24) is 5.32 Å². The van der Waals surface area contributed by atoms with Gasteiger partial charge in [-0.25, -0.2) is 0 Å². The van der Waals surface area contributed by atoms with E-state index in [2.05, 4.69) is 29.3 Å². The molecule has 0 saturated heterocycles. The minimum atomic E-state index is 0.326. The largest absolute Gasteiger partial charge is 0.368 e. The summed E-state index contributed by atoms with van der Waals surface area (Å²) in [6.45, 7) is 4.41. The third-order valence-corrected chi connectivity index (χ3v) is 4.50. The van der Waals surface area contributed by atoms with Gasteiger partial charge >= 0.3 is 0 Å². The standard InChI is InChI=1S/C16H22N2O/c1-11(5-7-17-2)18-8-6-13-9-12-3-4-16(19)14(12)10-15(13)18/h9-11,17H,3-8H2,1-2H3. The summed E-state index contributed by atoms with van der Waals surface area (Å²) < 4.78 is 0. The van der Waals surface area contributed by atoms with Crippen LogP contribution in [0, 0.1) is 0 Å². The molecule has 1 heterocycles. The van der Waals surface area contributed by atoms with E-state index in [-0.39, 0.29) is 0 Å². The predicted octanol–water partition coefficient (Wildman–Crippen LogP) is 2.18. The zero-order chi connectivity index (χ0) is 13.4. The summed E-state index contributed by atoms with van der Waals surface area (Å²) in [6, 6.07) is 4.96. The van der Waals surface area contributed by atoms with Crippen molar-refractivity contribution in [3.63, 3.8) is 0 Å². The van der Waals surface area contributed by atoms with E-state index in [1.165, 1.54) is 16.8 Å². The summed E-state index contributed by atoms with van der Waals surface area (Å²) in [7, 11) is 2.00. The van der Waals surface area contributed by atoms with Gasteiger partial charge < -0.3 is 10.2 Å². The first-order chi connectivity index (χ1) is 9.20. The summed E-state index contributed by atoms with van der Waals surface area (Å²) in [5, 5.41) is 3.21. The summed E-state index contributed by atoms with van der Waals surface area (Å²) in [5.41, 5.74) is 4.99. The maximum atomic E-state index is 11.9. The van der Waals surface area contributed by atoms with Crippen molar-refractivity contribution < 1.29 is 4.79 Å². The molecule has 1 aliphatic carbocycles. The van der Waals surface area contributed by atoms with E-state index >= 15 is 0 Å². The van der Waals surface area contributed by atoms with E-state index in [0.29, 0.717) is 18.2 Å². The maximum absolute atomic E-state index is 11.9. The molecular weight excluding hydrogens is 236 g/mol. The fourth-order valence-electron chi connectivity index (χ4n) is 3.33. The lowest BCUT2D eigenvalue weighted by atomic mass is 10.0. The molecular formula is C16H22N2O. The second-order valence-electron chi connectivity index (χ2n) is 5.75. The van der Waals surface area contributed by atoms with Crippen LogP contribution in [-0.4, -0.2) is 32.0 Å². The molecule has 3 rings (SSSR count). The van der Waals surface area contributed by atoms with Gasteiger partial charge in [0.15, 0.2) is 5.78 Å². The number of nitrogens with zero attached hydrogens (tertiary/aromatic N) is 1. The molecule has 3 heteroatoms. The zero-order valence-corrected chi connectivity index (χ0v) is 11.8. The number of ketones is 1. The Morgan fingerprint density at radius 2 is 2.11 bits per heavy atom. The Labute approximate surface area is 115 Å². The number of fused-ring (bicyclic) bond motifs is 2. The normalized spacial score (nSPS) is 18.6. The quantitative estimate of drug-likeness (QED) is 0.898. The molecule has 2 aliphatic rings. The number of carbonyl (C=O) groups excluding carboxylic acids is 1. The molecule has 0 amide bonds. The second kappa shape index (κ2) is 4.97. The van der Waals surface area contributed by atoms with Gasteiger partial charge in [0.1, 0.15) is 0 Å². The first-order valence-corrected chi connectivity index (χ1v) is 7.31. The number of rotatable bonds is 4. The molecule has 1 aromatic carbocycles. The Kier molecular flexibility index (Phi) is 3.31. The van der Waals surface area contributed by atoms with Gasteiger partial charge in [-0.3, -0.25) is 4.79 Å². The summed E-state index contributed by atoms with van der Waals surface area (Å²) >= 11 is 0. The number of hydrogen-bond acceptors (Lipinski definition) is 3. The highest BCUT2D eigenvalue weighted by molar-refractivity contribution is 6.01. The minimum Gasteiger partial charge on any atom is -0.368 e. The second-order valence-corrected chi connectivity index (χ2v) is 5.75. The molecule has 1 aliphatic heterocycles. The monoisotopic (exact) mass is 258 g/mol. The third-order valence-electron chi connectivity index (χ3n) is 4.50. The molecule has 1 aromatic rings. The molecule has 0 fully saturated rings. The number of benzene rings is 1.